The van der Waals surface area contributed by atoms with Gasteiger partial charge in [0.05, 0.1) is 23.9 Å². The first-order chi connectivity index (χ1) is 9.63. The van der Waals surface area contributed by atoms with Gasteiger partial charge in [-0.15, -0.1) is 12.6 Å². The highest BCUT2D eigenvalue weighted by Gasteiger charge is 2.15. The Labute approximate surface area is 122 Å². The van der Waals surface area contributed by atoms with Crippen LogP contribution in [0, 0.1) is 0 Å². The number of esters is 1. The molecule has 0 fully saturated rings. The summed E-state index contributed by atoms with van der Waals surface area (Å²) in [7, 11) is 1.30. The highest BCUT2D eigenvalue weighted by molar-refractivity contribution is 7.80. The summed E-state index contributed by atoms with van der Waals surface area (Å²) in [5.41, 5.74) is 1.15. The van der Waals surface area contributed by atoms with Crippen molar-refractivity contribution in [3.05, 3.63) is 59.7 Å². The van der Waals surface area contributed by atoms with Gasteiger partial charge in [0, 0.05) is 4.90 Å². The molecule has 0 aliphatic carbocycles. The van der Waals surface area contributed by atoms with Gasteiger partial charge in [-0.25, -0.2) is 4.79 Å². The van der Waals surface area contributed by atoms with Gasteiger partial charge in [0.15, 0.2) is 0 Å². The van der Waals surface area contributed by atoms with Crippen molar-refractivity contribution in [3.8, 4) is 0 Å². The summed E-state index contributed by atoms with van der Waals surface area (Å²) in [5.74, 6) is -0.827. The molecule has 102 valence electrons. The number of nitrogens with one attached hydrogen (secondary N) is 1. The van der Waals surface area contributed by atoms with E-state index in [2.05, 4.69) is 22.7 Å². The first-order valence-corrected chi connectivity index (χ1v) is 6.35. The second-order valence-corrected chi connectivity index (χ2v) is 4.49. The van der Waals surface area contributed by atoms with E-state index in [1.807, 2.05) is 0 Å². The molecule has 1 amide bonds. The van der Waals surface area contributed by atoms with Gasteiger partial charge in [0.2, 0.25) is 0 Å². The second kappa shape index (κ2) is 6.25. The molecule has 2 rings (SSSR count). The largest absolute Gasteiger partial charge is 0.465 e. The number of carbonyl (C=O) groups excluding carboxylic acids is 2. The summed E-state index contributed by atoms with van der Waals surface area (Å²) in [6, 6.07) is 13.6. The maximum Gasteiger partial charge on any atom is 0.339 e. The molecule has 0 bridgehead atoms. The molecule has 1 N–H and O–H groups in total. The third kappa shape index (κ3) is 3.00. The van der Waals surface area contributed by atoms with Gasteiger partial charge in [-0.2, -0.15) is 0 Å². The second-order valence-electron chi connectivity index (χ2n) is 4.01. The molecule has 20 heavy (non-hydrogen) atoms. The van der Waals surface area contributed by atoms with Crippen molar-refractivity contribution < 1.29 is 14.3 Å². The topological polar surface area (TPSA) is 55.4 Å². The number of para-hydroxylation sites is 1. The number of ether oxygens (including phenoxy) is 1. The maximum atomic E-state index is 12.2. The summed E-state index contributed by atoms with van der Waals surface area (Å²) >= 11 is 4.24. The van der Waals surface area contributed by atoms with Crippen LogP contribution in [0.15, 0.2) is 53.4 Å². The average Bonchev–Trinajstić information content (AvgIpc) is 2.47. The zero-order chi connectivity index (χ0) is 14.5. The molecule has 2 aromatic rings. The Kier molecular flexibility index (Phi) is 4.42. The molecule has 0 heterocycles. The van der Waals surface area contributed by atoms with E-state index in [1.165, 1.54) is 7.11 Å². The first kappa shape index (κ1) is 14.1. The Morgan fingerprint density at radius 3 is 2.25 bits per heavy atom. The molecule has 0 saturated carbocycles. The van der Waals surface area contributed by atoms with Gasteiger partial charge >= 0.3 is 5.97 Å². The molecule has 0 atom stereocenters. The standard InChI is InChI=1S/C15H13NO3S/c1-19-15(18)10-6-2-4-8-12(10)16-14(17)11-7-3-5-9-13(11)20/h2-9,20H,1H3,(H,16,17). The van der Waals surface area contributed by atoms with Crippen LogP contribution in [0.3, 0.4) is 0 Å². The molecular formula is C15H13NO3S. The van der Waals surface area contributed by atoms with Gasteiger partial charge in [0.1, 0.15) is 0 Å². The number of methoxy groups -OCH3 is 1. The molecule has 4 nitrogen and oxygen atoms in total. The molecule has 0 unspecified atom stereocenters. The number of benzene rings is 2. The normalized spacial score (nSPS) is 9.90. The molecular weight excluding hydrogens is 274 g/mol. The Morgan fingerprint density at radius 1 is 1.00 bits per heavy atom. The van der Waals surface area contributed by atoms with E-state index < -0.39 is 5.97 Å². The Balaban J connectivity index is 2.29. The Hall–Kier alpha value is -2.27. The summed E-state index contributed by atoms with van der Waals surface area (Å²) in [5, 5.41) is 2.69. The monoisotopic (exact) mass is 287 g/mol. The quantitative estimate of drug-likeness (QED) is 0.674. The number of thiol groups is 1. The average molecular weight is 287 g/mol. The summed E-state index contributed by atoms with van der Waals surface area (Å²) < 4.78 is 4.68. The van der Waals surface area contributed by atoms with Crippen molar-refractivity contribution in [1.82, 2.24) is 0 Å². The lowest BCUT2D eigenvalue weighted by atomic mass is 10.1. The van der Waals surface area contributed by atoms with Crippen LogP contribution < -0.4 is 5.32 Å². The van der Waals surface area contributed by atoms with Crippen molar-refractivity contribution >= 4 is 30.2 Å². The fourth-order valence-electron chi connectivity index (χ4n) is 1.74. The van der Waals surface area contributed by atoms with E-state index in [0.29, 0.717) is 21.7 Å². The number of hydrogen-bond acceptors (Lipinski definition) is 4. The lowest BCUT2D eigenvalue weighted by Crippen LogP contribution is -2.15. The smallest absolute Gasteiger partial charge is 0.339 e. The summed E-state index contributed by atoms with van der Waals surface area (Å²) in [6.07, 6.45) is 0. The van der Waals surface area contributed by atoms with Crippen LogP contribution in [0.4, 0.5) is 5.69 Å². The van der Waals surface area contributed by atoms with Crippen LogP contribution in [0.1, 0.15) is 20.7 Å². The van der Waals surface area contributed by atoms with Crippen LogP contribution in [-0.4, -0.2) is 19.0 Å². The molecule has 0 spiro atoms. The van der Waals surface area contributed by atoms with Crippen molar-refractivity contribution in [2.45, 2.75) is 4.90 Å². The molecule has 0 aromatic heterocycles. The summed E-state index contributed by atoms with van der Waals surface area (Å²) in [4.78, 5) is 24.4. The number of rotatable bonds is 3. The van der Waals surface area contributed by atoms with Crippen molar-refractivity contribution in [1.29, 1.82) is 0 Å². The lowest BCUT2D eigenvalue weighted by Gasteiger charge is -2.10. The Bertz CT molecular complexity index is 655. The van der Waals surface area contributed by atoms with Gasteiger partial charge in [-0.1, -0.05) is 24.3 Å². The van der Waals surface area contributed by atoms with E-state index in [9.17, 15) is 9.59 Å². The van der Waals surface area contributed by atoms with Gasteiger partial charge < -0.3 is 10.1 Å². The van der Waals surface area contributed by atoms with E-state index >= 15 is 0 Å². The highest BCUT2D eigenvalue weighted by atomic mass is 32.1. The number of amides is 1. The minimum Gasteiger partial charge on any atom is -0.465 e. The molecule has 2 aromatic carbocycles. The fraction of sp³-hybridized carbons (Fsp3) is 0.0667. The van der Waals surface area contributed by atoms with Crippen molar-refractivity contribution in [2.75, 3.05) is 12.4 Å². The Morgan fingerprint density at radius 2 is 1.60 bits per heavy atom. The zero-order valence-corrected chi connectivity index (χ0v) is 11.7. The van der Waals surface area contributed by atoms with Crippen LogP contribution in [-0.2, 0) is 4.74 Å². The number of anilines is 1. The van der Waals surface area contributed by atoms with Crippen molar-refractivity contribution in [2.24, 2.45) is 0 Å². The maximum absolute atomic E-state index is 12.2. The van der Waals surface area contributed by atoms with Crippen molar-refractivity contribution in [3.63, 3.8) is 0 Å². The third-order valence-electron chi connectivity index (χ3n) is 2.73. The number of hydrogen-bond donors (Lipinski definition) is 2. The molecule has 5 heteroatoms. The molecule has 0 radical (unpaired) electrons. The van der Waals surface area contributed by atoms with Gasteiger partial charge in [0.25, 0.3) is 5.91 Å². The van der Waals surface area contributed by atoms with E-state index in [0.717, 1.165) is 0 Å². The predicted molar refractivity (Wildman–Crippen MR) is 79.4 cm³/mol. The van der Waals surface area contributed by atoms with E-state index in [1.54, 1.807) is 48.5 Å². The third-order valence-corrected chi connectivity index (χ3v) is 3.12. The molecule has 0 aliphatic heterocycles. The fourth-order valence-corrected chi connectivity index (χ4v) is 2.00. The minimum atomic E-state index is -0.500. The summed E-state index contributed by atoms with van der Waals surface area (Å²) in [6.45, 7) is 0. The number of carbonyl (C=O) groups is 2. The minimum absolute atomic E-state index is 0.306. The van der Waals surface area contributed by atoms with Crippen LogP contribution in [0.25, 0.3) is 0 Å². The van der Waals surface area contributed by atoms with Crippen LogP contribution >= 0.6 is 12.6 Å². The highest BCUT2D eigenvalue weighted by Crippen LogP contribution is 2.19. The van der Waals surface area contributed by atoms with Gasteiger partial charge in [-0.3, -0.25) is 4.79 Å². The van der Waals surface area contributed by atoms with Crippen LogP contribution in [0.2, 0.25) is 0 Å². The van der Waals surface area contributed by atoms with Gasteiger partial charge in [-0.05, 0) is 24.3 Å². The SMILES string of the molecule is COC(=O)c1ccccc1NC(=O)c1ccccc1S. The van der Waals surface area contributed by atoms with E-state index in [4.69, 9.17) is 0 Å². The molecule has 0 aliphatic rings. The van der Waals surface area contributed by atoms with Crippen LogP contribution in [0.5, 0.6) is 0 Å². The predicted octanol–water partition coefficient (Wildman–Crippen LogP) is 3.01. The lowest BCUT2D eigenvalue weighted by molar-refractivity contribution is 0.0602. The first-order valence-electron chi connectivity index (χ1n) is 5.90. The zero-order valence-electron chi connectivity index (χ0n) is 10.8. The molecule has 0 saturated heterocycles. The van der Waals surface area contributed by atoms with E-state index in [-0.39, 0.29) is 5.91 Å².